The number of allylic oxidation sites excluding steroid dienone is 2. The molecule has 0 spiro atoms. The maximum atomic E-state index is 12.5. The number of nitrogens with two attached hydrogens (primary N) is 1. The summed E-state index contributed by atoms with van der Waals surface area (Å²) in [7, 11) is 1.52. The summed E-state index contributed by atoms with van der Waals surface area (Å²) < 4.78 is 16.7. The van der Waals surface area contributed by atoms with Crippen LogP contribution in [-0.4, -0.2) is 19.7 Å². The number of benzene rings is 1. The van der Waals surface area contributed by atoms with Gasteiger partial charge in [0.2, 0.25) is 5.88 Å². The highest BCUT2D eigenvalue weighted by Crippen LogP contribution is 2.43. The van der Waals surface area contributed by atoms with Gasteiger partial charge in [0.15, 0.2) is 0 Å². The Morgan fingerprint density at radius 2 is 2.21 bits per heavy atom. The Balaban J connectivity index is 2.72. The number of halogens is 1. The van der Waals surface area contributed by atoms with Crippen LogP contribution in [0.15, 0.2) is 45.5 Å². The van der Waals surface area contributed by atoms with Crippen molar-refractivity contribution < 1.29 is 19.0 Å². The molecule has 7 heteroatoms. The number of rotatable bonds is 4. The number of carbonyl (C=O) groups is 1. The fourth-order valence-electron chi connectivity index (χ4n) is 2.60. The van der Waals surface area contributed by atoms with Crippen LogP contribution in [0, 0.1) is 11.3 Å². The summed E-state index contributed by atoms with van der Waals surface area (Å²) in [6.07, 6.45) is 0. The molecule has 0 radical (unpaired) electrons. The molecule has 0 unspecified atom stereocenters. The molecule has 0 bridgehead atoms. The Morgan fingerprint density at radius 3 is 2.79 bits per heavy atom. The molecule has 126 valence electrons. The van der Waals surface area contributed by atoms with E-state index < -0.39 is 11.9 Å². The topological polar surface area (TPSA) is 94.6 Å². The smallest absolute Gasteiger partial charge is 0.338 e. The Labute approximate surface area is 148 Å². The molecule has 1 heterocycles. The highest BCUT2D eigenvalue weighted by atomic mass is 79.9. The molecular formula is C17H17BrN2O4. The molecule has 2 N–H and O–H groups in total. The second-order valence-corrected chi connectivity index (χ2v) is 5.92. The summed E-state index contributed by atoms with van der Waals surface area (Å²) in [5.41, 5.74) is 6.87. The zero-order valence-corrected chi connectivity index (χ0v) is 15.1. The monoisotopic (exact) mass is 392 g/mol. The molecule has 0 aromatic heterocycles. The van der Waals surface area contributed by atoms with Crippen molar-refractivity contribution in [3.05, 3.63) is 51.0 Å². The minimum absolute atomic E-state index is 0.0323. The van der Waals surface area contributed by atoms with Gasteiger partial charge >= 0.3 is 5.97 Å². The molecule has 0 aliphatic carbocycles. The standard InChI is InChI=1S/C17H17BrN2O4/c1-4-23-17(21)14-9(2)24-16(20)12(8-19)15(14)11-7-10(18)5-6-13(11)22-3/h5-7,15H,4,20H2,1-3H3/t15-/m0/s1. The number of nitriles is 1. The highest BCUT2D eigenvalue weighted by molar-refractivity contribution is 9.10. The van der Waals surface area contributed by atoms with Gasteiger partial charge in [-0.2, -0.15) is 5.26 Å². The molecule has 1 aromatic carbocycles. The lowest BCUT2D eigenvalue weighted by molar-refractivity contribution is -0.139. The van der Waals surface area contributed by atoms with Crippen molar-refractivity contribution in [2.45, 2.75) is 19.8 Å². The number of carbonyl (C=O) groups excluding carboxylic acids is 1. The number of methoxy groups -OCH3 is 1. The fourth-order valence-corrected chi connectivity index (χ4v) is 2.98. The molecule has 0 saturated carbocycles. The average molecular weight is 393 g/mol. The van der Waals surface area contributed by atoms with Gasteiger partial charge in [0.05, 0.1) is 25.2 Å². The van der Waals surface area contributed by atoms with Gasteiger partial charge in [-0.1, -0.05) is 15.9 Å². The van der Waals surface area contributed by atoms with Crippen LogP contribution in [0.4, 0.5) is 0 Å². The van der Waals surface area contributed by atoms with E-state index in [1.165, 1.54) is 7.11 Å². The summed E-state index contributed by atoms with van der Waals surface area (Å²) in [5, 5.41) is 9.55. The van der Waals surface area contributed by atoms with Crippen molar-refractivity contribution in [2.24, 2.45) is 5.73 Å². The number of hydrogen-bond donors (Lipinski definition) is 1. The number of hydrogen-bond acceptors (Lipinski definition) is 6. The van der Waals surface area contributed by atoms with Crippen LogP contribution in [0.2, 0.25) is 0 Å². The summed E-state index contributed by atoms with van der Waals surface area (Å²) in [6, 6.07) is 7.38. The van der Waals surface area contributed by atoms with E-state index in [1.807, 2.05) is 6.07 Å². The molecule has 1 aromatic rings. The Kier molecular flexibility index (Phi) is 5.52. The van der Waals surface area contributed by atoms with Crippen LogP contribution >= 0.6 is 15.9 Å². The van der Waals surface area contributed by atoms with E-state index in [0.717, 1.165) is 4.47 Å². The highest BCUT2D eigenvalue weighted by Gasteiger charge is 2.37. The van der Waals surface area contributed by atoms with Crippen molar-refractivity contribution in [2.75, 3.05) is 13.7 Å². The average Bonchev–Trinajstić information content (AvgIpc) is 2.54. The molecule has 1 aliphatic rings. The lowest BCUT2D eigenvalue weighted by Gasteiger charge is -2.27. The van der Waals surface area contributed by atoms with Crippen molar-refractivity contribution >= 4 is 21.9 Å². The van der Waals surface area contributed by atoms with Gasteiger partial charge in [0.1, 0.15) is 23.2 Å². The molecule has 1 atom stereocenters. The zero-order chi connectivity index (χ0) is 17.9. The van der Waals surface area contributed by atoms with E-state index in [9.17, 15) is 10.1 Å². The normalized spacial score (nSPS) is 17.2. The third kappa shape index (κ3) is 3.24. The molecule has 0 saturated heterocycles. The third-order valence-electron chi connectivity index (χ3n) is 3.60. The van der Waals surface area contributed by atoms with Crippen LogP contribution in [0.3, 0.4) is 0 Å². The van der Waals surface area contributed by atoms with Gasteiger partial charge in [0.25, 0.3) is 0 Å². The summed E-state index contributed by atoms with van der Waals surface area (Å²) in [4.78, 5) is 12.5. The minimum Gasteiger partial charge on any atom is -0.496 e. The first kappa shape index (κ1) is 17.9. The van der Waals surface area contributed by atoms with Crippen LogP contribution in [-0.2, 0) is 14.3 Å². The van der Waals surface area contributed by atoms with Crippen molar-refractivity contribution in [1.29, 1.82) is 5.26 Å². The predicted octanol–water partition coefficient (Wildman–Crippen LogP) is 3.10. The van der Waals surface area contributed by atoms with Gasteiger partial charge in [0, 0.05) is 10.0 Å². The molecule has 6 nitrogen and oxygen atoms in total. The van der Waals surface area contributed by atoms with Gasteiger partial charge in [-0.05, 0) is 32.0 Å². The van der Waals surface area contributed by atoms with Crippen molar-refractivity contribution in [3.63, 3.8) is 0 Å². The van der Waals surface area contributed by atoms with E-state index >= 15 is 0 Å². The maximum absolute atomic E-state index is 12.5. The molecule has 24 heavy (non-hydrogen) atoms. The van der Waals surface area contributed by atoms with E-state index in [4.69, 9.17) is 19.9 Å². The first-order valence-corrected chi connectivity index (χ1v) is 8.02. The SMILES string of the molecule is CCOC(=O)C1=C(C)OC(N)=C(C#N)[C@@H]1c1cc(Br)ccc1OC. The summed E-state index contributed by atoms with van der Waals surface area (Å²) in [5.74, 6) is -0.482. The largest absolute Gasteiger partial charge is 0.496 e. The number of nitrogens with zero attached hydrogens (tertiary/aromatic N) is 1. The Bertz CT molecular complexity index is 777. The quantitative estimate of drug-likeness (QED) is 0.790. The van der Waals surface area contributed by atoms with Crippen LogP contribution in [0.1, 0.15) is 25.3 Å². The van der Waals surface area contributed by atoms with E-state index in [2.05, 4.69) is 15.9 Å². The summed E-state index contributed by atoms with van der Waals surface area (Å²) >= 11 is 3.40. The zero-order valence-electron chi connectivity index (χ0n) is 13.6. The second-order valence-electron chi connectivity index (χ2n) is 5.00. The maximum Gasteiger partial charge on any atom is 0.338 e. The van der Waals surface area contributed by atoms with Crippen LogP contribution in [0.5, 0.6) is 5.75 Å². The van der Waals surface area contributed by atoms with Crippen LogP contribution < -0.4 is 10.5 Å². The van der Waals surface area contributed by atoms with Gasteiger partial charge in [-0.3, -0.25) is 0 Å². The van der Waals surface area contributed by atoms with E-state index in [0.29, 0.717) is 17.1 Å². The Morgan fingerprint density at radius 1 is 1.50 bits per heavy atom. The lowest BCUT2D eigenvalue weighted by Crippen LogP contribution is -2.25. The van der Waals surface area contributed by atoms with Crippen molar-refractivity contribution in [3.8, 4) is 11.8 Å². The molecular weight excluding hydrogens is 376 g/mol. The third-order valence-corrected chi connectivity index (χ3v) is 4.10. The van der Waals surface area contributed by atoms with Crippen LogP contribution in [0.25, 0.3) is 0 Å². The summed E-state index contributed by atoms with van der Waals surface area (Å²) in [6.45, 7) is 3.53. The molecule has 0 fully saturated rings. The van der Waals surface area contributed by atoms with Crippen molar-refractivity contribution in [1.82, 2.24) is 0 Å². The molecule has 2 rings (SSSR count). The van der Waals surface area contributed by atoms with E-state index in [1.54, 1.807) is 32.0 Å². The minimum atomic E-state index is -0.727. The lowest BCUT2D eigenvalue weighted by atomic mass is 9.82. The van der Waals surface area contributed by atoms with Gasteiger partial charge in [-0.25, -0.2) is 4.79 Å². The van der Waals surface area contributed by atoms with E-state index in [-0.39, 0.29) is 23.6 Å². The van der Waals surface area contributed by atoms with Gasteiger partial charge in [-0.15, -0.1) is 0 Å². The number of ether oxygens (including phenoxy) is 3. The molecule has 1 aliphatic heterocycles. The first-order chi connectivity index (χ1) is 11.4. The first-order valence-electron chi connectivity index (χ1n) is 7.23. The second kappa shape index (κ2) is 7.41. The van der Waals surface area contributed by atoms with Gasteiger partial charge < -0.3 is 19.9 Å². The fraction of sp³-hybridized carbons (Fsp3) is 0.294. The molecule has 0 amide bonds. The predicted molar refractivity (Wildman–Crippen MR) is 90.7 cm³/mol. The Hall–Kier alpha value is -2.46. The number of esters is 1.